The van der Waals surface area contributed by atoms with E-state index in [2.05, 4.69) is 19.2 Å². The number of amides is 3. The minimum atomic E-state index is -0.748. The number of hydrogen-bond donors (Lipinski definition) is 2. The first-order valence-electron chi connectivity index (χ1n) is 19.8. The van der Waals surface area contributed by atoms with Gasteiger partial charge in [-0.1, -0.05) is 92.1 Å². The summed E-state index contributed by atoms with van der Waals surface area (Å²) >= 11 is 0. The third kappa shape index (κ3) is 12.3. The van der Waals surface area contributed by atoms with Crippen molar-refractivity contribution in [2.24, 2.45) is 29.6 Å². The molecule has 1 aromatic carbocycles. The van der Waals surface area contributed by atoms with Gasteiger partial charge in [0.1, 0.15) is 11.8 Å². The van der Waals surface area contributed by atoms with Crippen LogP contribution in [0, 0.1) is 29.6 Å². The number of likely N-dealkylation sites (N-methyl/N-ethyl adjacent to an activating group) is 2. The Balaban J connectivity index is 2.21. The quantitative estimate of drug-likeness (QED) is 0.163. The second-order valence-corrected chi connectivity index (χ2v) is 16.3. The zero-order chi connectivity index (χ0) is 40.2. The zero-order valence-electron chi connectivity index (χ0n) is 35.0. The number of aliphatic hydroxyl groups is 1. The van der Waals surface area contributed by atoms with Gasteiger partial charge in [-0.2, -0.15) is 0 Å². The van der Waals surface area contributed by atoms with E-state index in [0.29, 0.717) is 19.4 Å². The molecular weight excluding hydrogens is 672 g/mol. The Bertz CT molecular complexity index is 1280. The number of likely N-dealkylation sites (tertiary alicyclic amines) is 1. The maximum atomic E-state index is 14.2. The number of carbonyl (C=O) groups is 4. The number of Topliss-reactive ketones (excluding diaryl/α,β-unsaturated/α-hetero) is 1. The van der Waals surface area contributed by atoms with Gasteiger partial charge in [-0.15, -0.1) is 0 Å². The molecule has 0 aliphatic carbocycles. The molecule has 0 radical (unpaired) electrons. The molecule has 1 unspecified atom stereocenters. The van der Waals surface area contributed by atoms with Gasteiger partial charge in [-0.05, 0) is 62.6 Å². The van der Waals surface area contributed by atoms with Gasteiger partial charge in [0.15, 0.2) is 0 Å². The van der Waals surface area contributed by atoms with Gasteiger partial charge in [-0.3, -0.25) is 24.1 Å². The van der Waals surface area contributed by atoms with Crippen LogP contribution in [0.25, 0.3) is 0 Å². The topological polar surface area (TPSA) is 129 Å². The van der Waals surface area contributed by atoms with Gasteiger partial charge >= 0.3 is 0 Å². The highest BCUT2D eigenvalue weighted by atomic mass is 16.5. The van der Waals surface area contributed by atoms with Gasteiger partial charge in [0.05, 0.1) is 42.9 Å². The summed E-state index contributed by atoms with van der Waals surface area (Å²) in [7, 11) is 8.64. The Labute approximate surface area is 320 Å². The normalized spacial score (nSPS) is 20.0. The average Bonchev–Trinajstić information content (AvgIpc) is 3.61. The van der Waals surface area contributed by atoms with Crippen molar-refractivity contribution >= 4 is 23.5 Å². The maximum Gasteiger partial charge on any atom is 0.245 e. The van der Waals surface area contributed by atoms with Gasteiger partial charge in [0, 0.05) is 40.2 Å². The van der Waals surface area contributed by atoms with Gasteiger partial charge in [0.25, 0.3) is 0 Å². The number of ether oxygens (including phenoxy) is 2. The summed E-state index contributed by atoms with van der Waals surface area (Å²) in [5.41, 5.74) is 0.835. The summed E-state index contributed by atoms with van der Waals surface area (Å²) in [5.74, 6) is -1.12. The average molecular weight is 745 g/mol. The van der Waals surface area contributed by atoms with Gasteiger partial charge in [0.2, 0.25) is 17.7 Å². The van der Waals surface area contributed by atoms with Crippen molar-refractivity contribution < 1.29 is 33.8 Å². The van der Waals surface area contributed by atoms with E-state index in [9.17, 15) is 24.3 Å². The van der Waals surface area contributed by atoms with Crippen molar-refractivity contribution in [2.75, 3.05) is 41.9 Å². The lowest BCUT2D eigenvalue weighted by Gasteiger charge is -2.41. The van der Waals surface area contributed by atoms with E-state index >= 15 is 0 Å². The Hall–Kier alpha value is -2.86. The largest absolute Gasteiger partial charge is 0.388 e. The molecule has 1 saturated heterocycles. The predicted molar refractivity (Wildman–Crippen MR) is 210 cm³/mol. The fourth-order valence-corrected chi connectivity index (χ4v) is 8.18. The van der Waals surface area contributed by atoms with Crippen LogP contribution in [-0.4, -0.2) is 122 Å². The fraction of sp³-hybridized carbons (Fsp3) is 0.762. The van der Waals surface area contributed by atoms with E-state index in [4.69, 9.17) is 9.47 Å². The summed E-state index contributed by atoms with van der Waals surface area (Å²) in [4.78, 5) is 60.7. The summed E-state index contributed by atoms with van der Waals surface area (Å²) in [6.07, 6.45) is 1.44. The predicted octanol–water partition coefficient (Wildman–Crippen LogP) is 5.35. The lowest BCUT2D eigenvalue weighted by molar-refractivity contribution is -0.148. The van der Waals surface area contributed by atoms with Crippen LogP contribution in [-0.2, 0) is 28.7 Å². The number of rotatable bonds is 22. The Morgan fingerprint density at radius 3 is 2.06 bits per heavy atom. The van der Waals surface area contributed by atoms with E-state index in [-0.39, 0.29) is 65.7 Å². The van der Waals surface area contributed by atoms with E-state index in [0.717, 1.165) is 24.8 Å². The smallest absolute Gasteiger partial charge is 0.245 e. The molecule has 0 spiro atoms. The number of hydrogen-bond acceptors (Lipinski definition) is 8. The first-order chi connectivity index (χ1) is 24.9. The summed E-state index contributed by atoms with van der Waals surface area (Å²) in [5, 5.41) is 13.9. The monoisotopic (exact) mass is 745 g/mol. The van der Waals surface area contributed by atoms with Crippen LogP contribution in [0.4, 0.5) is 0 Å². The number of nitrogens with zero attached hydrogens (tertiary/aromatic N) is 3. The van der Waals surface area contributed by atoms with Crippen molar-refractivity contribution in [1.29, 1.82) is 0 Å². The van der Waals surface area contributed by atoms with Crippen molar-refractivity contribution in [3.8, 4) is 0 Å². The summed E-state index contributed by atoms with van der Waals surface area (Å²) in [6.45, 7) is 16.3. The molecule has 11 heteroatoms. The molecule has 0 aromatic heterocycles. The first kappa shape index (κ1) is 46.3. The van der Waals surface area contributed by atoms with Crippen LogP contribution in [0.5, 0.6) is 0 Å². The van der Waals surface area contributed by atoms with Crippen LogP contribution in [0.2, 0.25) is 0 Å². The molecule has 3 amide bonds. The SMILES string of the molecule is CC[C@H](C)[C@@H](C(CC(=O)N1CCC[C@H]1[C@H](OC)[C@@H](C)C(=O)CC[C@H](C)[C@@H](O)c1ccccc1)OC)N(C)C(=O)[C@@H](NC(=O)[C@H](C(C)C)N(C)C)C(C)C. The van der Waals surface area contributed by atoms with E-state index in [1.54, 1.807) is 26.2 Å². The second kappa shape index (κ2) is 21.9. The molecule has 1 aliphatic heterocycles. The maximum absolute atomic E-state index is 14.2. The van der Waals surface area contributed by atoms with Gasteiger partial charge < -0.3 is 29.7 Å². The fourth-order valence-electron chi connectivity index (χ4n) is 8.18. The van der Waals surface area contributed by atoms with Crippen LogP contribution in [0.3, 0.4) is 0 Å². The molecule has 0 bridgehead atoms. The molecule has 10 atom stereocenters. The molecule has 1 fully saturated rings. The molecule has 0 saturated carbocycles. The van der Waals surface area contributed by atoms with Gasteiger partial charge in [-0.25, -0.2) is 0 Å². The lowest BCUT2D eigenvalue weighted by atomic mass is 9.86. The molecule has 1 aliphatic rings. The zero-order valence-corrected chi connectivity index (χ0v) is 35.0. The standard InChI is InChI=1S/C42H72N4O7/c1-14-28(6)38(45(11)42(51)36(26(2)3)43-41(50)37(27(4)5)44(9)10)34(52-12)25-35(48)46-24-18-21-32(46)40(53-13)30(8)33(47)23-22-29(7)39(49)31-19-16-15-17-20-31/h15-17,19-20,26-30,32,34,36-40,49H,14,18,21-25H2,1-13H3,(H,43,50)/t28-,29-,30-,32-,34?,36-,37-,38-,39+,40+/m0/s1. The van der Waals surface area contributed by atoms with Crippen LogP contribution in [0.1, 0.15) is 106 Å². The number of nitrogens with one attached hydrogen (secondary N) is 1. The van der Waals surface area contributed by atoms with Crippen LogP contribution in [0.15, 0.2) is 30.3 Å². The highest BCUT2D eigenvalue weighted by Gasteiger charge is 2.43. The van der Waals surface area contributed by atoms with Crippen molar-refractivity contribution in [1.82, 2.24) is 20.0 Å². The van der Waals surface area contributed by atoms with E-state index < -0.39 is 36.3 Å². The first-order valence-corrected chi connectivity index (χ1v) is 19.8. The minimum Gasteiger partial charge on any atom is -0.388 e. The Morgan fingerprint density at radius 2 is 1.55 bits per heavy atom. The van der Waals surface area contributed by atoms with Crippen molar-refractivity contribution in [2.45, 2.75) is 136 Å². The van der Waals surface area contributed by atoms with Crippen LogP contribution < -0.4 is 5.32 Å². The summed E-state index contributed by atoms with van der Waals surface area (Å²) in [6, 6.07) is 7.65. The lowest BCUT2D eigenvalue weighted by Crippen LogP contribution is -2.59. The molecule has 53 heavy (non-hydrogen) atoms. The number of methoxy groups -OCH3 is 2. The molecule has 2 N–H and O–H groups in total. The highest BCUT2D eigenvalue weighted by molar-refractivity contribution is 5.90. The molecular formula is C42H72N4O7. The summed E-state index contributed by atoms with van der Waals surface area (Å²) < 4.78 is 12.0. The molecule has 2 rings (SSSR count). The highest BCUT2D eigenvalue weighted by Crippen LogP contribution is 2.31. The number of aliphatic hydroxyl groups excluding tert-OH is 1. The third-order valence-corrected chi connectivity index (χ3v) is 11.6. The van der Waals surface area contributed by atoms with Crippen LogP contribution >= 0.6 is 0 Å². The Kier molecular flexibility index (Phi) is 19.1. The number of benzene rings is 1. The van der Waals surface area contributed by atoms with Crippen molar-refractivity contribution in [3.05, 3.63) is 35.9 Å². The van der Waals surface area contributed by atoms with E-state index in [1.165, 1.54) is 0 Å². The third-order valence-electron chi connectivity index (χ3n) is 11.6. The molecule has 1 aromatic rings. The molecule has 1 heterocycles. The Morgan fingerprint density at radius 1 is 0.925 bits per heavy atom. The molecule has 11 nitrogen and oxygen atoms in total. The minimum absolute atomic E-state index is 0.00283. The second-order valence-electron chi connectivity index (χ2n) is 16.3. The number of ketones is 1. The number of carbonyl (C=O) groups excluding carboxylic acids is 4. The molecule has 302 valence electrons. The van der Waals surface area contributed by atoms with E-state index in [1.807, 2.05) is 95.8 Å². The van der Waals surface area contributed by atoms with Crippen molar-refractivity contribution in [3.63, 3.8) is 0 Å².